The van der Waals surface area contributed by atoms with Crippen molar-refractivity contribution in [1.29, 1.82) is 0 Å². The highest BCUT2D eigenvalue weighted by molar-refractivity contribution is 5.80. The summed E-state index contributed by atoms with van der Waals surface area (Å²) in [5, 5.41) is 2.47. The molecule has 0 N–H and O–H groups in total. The van der Waals surface area contributed by atoms with E-state index in [0.29, 0.717) is 6.54 Å². The van der Waals surface area contributed by atoms with Crippen molar-refractivity contribution >= 4 is 10.8 Å². The number of hydrogen-bond donors (Lipinski definition) is 0. The zero-order valence-corrected chi connectivity index (χ0v) is 9.24. The Kier molecular flexibility index (Phi) is 3.67. The van der Waals surface area contributed by atoms with E-state index in [1.165, 1.54) is 10.8 Å². The van der Waals surface area contributed by atoms with Crippen LogP contribution in [-0.4, -0.2) is 0 Å². The maximum atomic E-state index is 5.23. The van der Waals surface area contributed by atoms with E-state index in [0.717, 1.165) is 0 Å². The van der Waals surface area contributed by atoms with Crippen molar-refractivity contribution in [1.82, 2.24) is 0 Å². The Labute approximate surface area is 94.1 Å². The standard InChI is InChI=1S/C12H10N.BrH/c1-2-8-13-9-7-11-5-3-4-6-12(11)10-13;/h1,3-7,9-10H,8H2;1H/q+1;/p-1. The molecule has 0 amide bonds. The van der Waals surface area contributed by atoms with Crippen LogP contribution >= 0.6 is 0 Å². The van der Waals surface area contributed by atoms with Crippen LogP contribution in [0, 0.1) is 12.3 Å². The molecule has 0 aliphatic heterocycles. The summed E-state index contributed by atoms with van der Waals surface area (Å²) >= 11 is 0. The summed E-state index contributed by atoms with van der Waals surface area (Å²) in [7, 11) is 0. The highest BCUT2D eigenvalue weighted by atomic mass is 79.9. The van der Waals surface area contributed by atoms with Crippen LogP contribution in [0.1, 0.15) is 0 Å². The van der Waals surface area contributed by atoms with Crippen LogP contribution in [0.15, 0.2) is 42.7 Å². The van der Waals surface area contributed by atoms with Crippen LogP contribution in [-0.2, 0) is 6.54 Å². The molecule has 1 nitrogen and oxygen atoms in total. The first-order valence-corrected chi connectivity index (χ1v) is 4.21. The number of aromatic nitrogens is 1. The Bertz CT molecular complexity index is 471. The first kappa shape index (κ1) is 10.7. The topological polar surface area (TPSA) is 3.88 Å². The number of pyridine rings is 1. The molecule has 0 aliphatic carbocycles. The van der Waals surface area contributed by atoms with Crippen molar-refractivity contribution in [3.63, 3.8) is 0 Å². The molecule has 14 heavy (non-hydrogen) atoms. The van der Waals surface area contributed by atoms with Gasteiger partial charge in [-0.2, -0.15) is 4.57 Å². The second-order valence-electron chi connectivity index (χ2n) is 2.95. The maximum Gasteiger partial charge on any atom is 0.208 e. The molecule has 0 fully saturated rings. The smallest absolute Gasteiger partial charge is 0.208 e. The van der Waals surface area contributed by atoms with Gasteiger partial charge in [-0.1, -0.05) is 18.2 Å². The van der Waals surface area contributed by atoms with Crippen LogP contribution in [0.25, 0.3) is 10.8 Å². The summed E-state index contributed by atoms with van der Waals surface area (Å²) in [4.78, 5) is 0. The number of halogens is 1. The number of terminal acetylenes is 1. The molecule has 0 aliphatic rings. The predicted molar refractivity (Wildman–Crippen MR) is 53.0 cm³/mol. The summed E-state index contributed by atoms with van der Waals surface area (Å²) < 4.78 is 2.00. The summed E-state index contributed by atoms with van der Waals surface area (Å²) in [5.41, 5.74) is 0. The lowest BCUT2D eigenvalue weighted by atomic mass is 10.2. The van der Waals surface area contributed by atoms with Crippen LogP contribution < -0.4 is 21.5 Å². The van der Waals surface area contributed by atoms with Gasteiger partial charge in [0, 0.05) is 11.5 Å². The molecule has 0 bridgehead atoms. The van der Waals surface area contributed by atoms with E-state index in [2.05, 4.69) is 30.3 Å². The third-order valence-electron chi connectivity index (χ3n) is 2.02. The van der Waals surface area contributed by atoms with Crippen LogP contribution in [0.4, 0.5) is 0 Å². The van der Waals surface area contributed by atoms with Crippen molar-refractivity contribution in [2.24, 2.45) is 0 Å². The van der Waals surface area contributed by atoms with Gasteiger partial charge < -0.3 is 17.0 Å². The van der Waals surface area contributed by atoms with Crippen LogP contribution in [0.5, 0.6) is 0 Å². The van der Waals surface area contributed by atoms with Gasteiger partial charge >= 0.3 is 0 Å². The Morgan fingerprint density at radius 3 is 2.57 bits per heavy atom. The van der Waals surface area contributed by atoms with Gasteiger partial charge in [-0.3, -0.25) is 0 Å². The van der Waals surface area contributed by atoms with E-state index in [-0.39, 0.29) is 17.0 Å². The SMILES string of the molecule is C#CC[n+]1ccc2ccccc2c1.[Br-]. The van der Waals surface area contributed by atoms with Gasteiger partial charge in [-0.05, 0) is 17.4 Å². The summed E-state index contributed by atoms with van der Waals surface area (Å²) in [6.45, 7) is 0.630. The molecule has 0 spiro atoms. The van der Waals surface area contributed by atoms with E-state index < -0.39 is 0 Å². The minimum Gasteiger partial charge on any atom is -1.00 e. The molecule has 1 aromatic heterocycles. The number of fused-ring (bicyclic) bond motifs is 1. The quantitative estimate of drug-likeness (QED) is 0.439. The number of nitrogens with zero attached hydrogens (tertiary/aromatic N) is 1. The lowest BCUT2D eigenvalue weighted by Crippen LogP contribution is -3.00. The second-order valence-corrected chi connectivity index (χ2v) is 2.95. The zero-order valence-electron chi connectivity index (χ0n) is 7.65. The van der Waals surface area contributed by atoms with Gasteiger partial charge in [0.1, 0.15) is 0 Å². The molecule has 70 valence electrons. The Hall–Kier alpha value is -1.33. The van der Waals surface area contributed by atoms with Crippen molar-refractivity contribution in [2.45, 2.75) is 6.54 Å². The lowest BCUT2D eigenvalue weighted by molar-refractivity contribution is -0.683. The molecular weight excluding hydrogens is 238 g/mol. The van der Waals surface area contributed by atoms with E-state index >= 15 is 0 Å². The van der Waals surface area contributed by atoms with E-state index in [1.807, 2.05) is 22.9 Å². The van der Waals surface area contributed by atoms with E-state index in [4.69, 9.17) is 6.42 Å². The molecule has 2 aromatic rings. The number of rotatable bonds is 1. The number of hydrogen-bond acceptors (Lipinski definition) is 0. The molecule has 2 heteroatoms. The van der Waals surface area contributed by atoms with Crippen molar-refractivity contribution < 1.29 is 21.5 Å². The molecule has 0 saturated heterocycles. The fourth-order valence-electron chi connectivity index (χ4n) is 1.38. The van der Waals surface area contributed by atoms with Crippen LogP contribution in [0.3, 0.4) is 0 Å². The molecule has 0 unspecified atom stereocenters. The fraction of sp³-hybridized carbons (Fsp3) is 0.0833. The minimum absolute atomic E-state index is 0. The highest BCUT2D eigenvalue weighted by Gasteiger charge is 1.99. The summed E-state index contributed by atoms with van der Waals surface area (Å²) in [5.74, 6) is 2.61. The first-order chi connectivity index (χ1) is 6.40. The van der Waals surface area contributed by atoms with E-state index in [9.17, 15) is 0 Å². The molecule has 1 heterocycles. The largest absolute Gasteiger partial charge is 1.00 e. The third kappa shape index (κ3) is 2.12. The van der Waals surface area contributed by atoms with Gasteiger partial charge in [0.05, 0.1) is 0 Å². The maximum absolute atomic E-state index is 5.23. The van der Waals surface area contributed by atoms with Gasteiger partial charge in [-0.25, -0.2) is 0 Å². The molecule has 0 saturated carbocycles. The molecule has 0 atom stereocenters. The molecule has 2 rings (SSSR count). The Morgan fingerprint density at radius 1 is 1.14 bits per heavy atom. The minimum atomic E-state index is 0. The number of benzene rings is 1. The monoisotopic (exact) mass is 247 g/mol. The lowest BCUT2D eigenvalue weighted by Gasteiger charge is -1.94. The van der Waals surface area contributed by atoms with Gasteiger partial charge in [-0.15, -0.1) is 6.42 Å². The van der Waals surface area contributed by atoms with Gasteiger partial charge in [0.15, 0.2) is 12.4 Å². The van der Waals surface area contributed by atoms with Crippen LogP contribution in [0.2, 0.25) is 0 Å². The summed E-state index contributed by atoms with van der Waals surface area (Å²) in [6, 6.07) is 10.3. The van der Waals surface area contributed by atoms with Crippen molar-refractivity contribution in [2.75, 3.05) is 0 Å². The molecular formula is C12H10BrN. The predicted octanol–water partition coefficient (Wildman–Crippen LogP) is -1.24. The average molecular weight is 248 g/mol. The van der Waals surface area contributed by atoms with Gasteiger partial charge in [0.25, 0.3) is 0 Å². The molecule has 1 aromatic carbocycles. The highest BCUT2D eigenvalue weighted by Crippen LogP contribution is 2.09. The summed E-state index contributed by atoms with van der Waals surface area (Å²) in [6.07, 6.45) is 9.30. The average Bonchev–Trinajstić information content (AvgIpc) is 2.18. The van der Waals surface area contributed by atoms with E-state index in [1.54, 1.807) is 0 Å². The first-order valence-electron chi connectivity index (χ1n) is 4.21. The second kappa shape index (κ2) is 4.78. The zero-order chi connectivity index (χ0) is 9.10. The third-order valence-corrected chi connectivity index (χ3v) is 2.02. The van der Waals surface area contributed by atoms with Crippen molar-refractivity contribution in [3.05, 3.63) is 42.7 Å². The molecule has 0 radical (unpaired) electrons. The Morgan fingerprint density at radius 2 is 1.86 bits per heavy atom. The fourth-order valence-corrected chi connectivity index (χ4v) is 1.38. The normalized spacial score (nSPS) is 9.07. The Balaban J connectivity index is 0.000000980. The van der Waals surface area contributed by atoms with Gasteiger partial charge in [0.2, 0.25) is 6.54 Å². The van der Waals surface area contributed by atoms with Crippen molar-refractivity contribution in [3.8, 4) is 12.3 Å².